The molecule has 5 heterocycles. The van der Waals surface area contributed by atoms with Crippen molar-refractivity contribution >= 4 is 22.4 Å². The van der Waals surface area contributed by atoms with E-state index in [1.165, 1.54) is 22.2 Å². The minimum atomic E-state index is -0.195. The van der Waals surface area contributed by atoms with E-state index in [1.807, 2.05) is 18.6 Å². The fourth-order valence-electron chi connectivity index (χ4n) is 4.83. The van der Waals surface area contributed by atoms with Crippen LogP contribution in [0.2, 0.25) is 0 Å². The summed E-state index contributed by atoms with van der Waals surface area (Å²) >= 11 is 0. The molecule has 2 aliphatic heterocycles. The van der Waals surface area contributed by atoms with Crippen molar-refractivity contribution in [2.24, 2.45) is 0 Å². The highest BCUT2D eigenvalue weighted by Gasteiger charge is 2.43. The van der Waals surface area contributed by atoms with Crippen LogP contribution in [0.5, 0.6) is 0 Å². The van der Waals surface area contributed by atoms with Crippen molar-refractivity contribution in [3.8, 4) is 0 Å². The van der Waals surface area contributed by atoms with Gasteiger partial charge in [-0.25, -0.2) is 4.98 Å². The third kappa shape index (κ3) is 2.16. The molecule has 0 saturated carbocycles. The zero-order valence-corrected chi connectivity index (χ0v) is 15.1. The van der Waals surface area contributed by atoms with Crippen molar-refractivity contribution in [2.45, 2.75) is 24.9 Å². The normalized spacial score (nSPS) is 19.0. The van der Waals surface area contributed by atoms with Crippen LogP contribution in [0, 0.1) is 0 Å². The van der Waals surface area contributed by atoms with E-state index in [2.05, 4.69) is 48.5 Å². The van der Waals surface area contributed by atoms with E-state index in [4.69, 9.17) is 4.74 Å². The first-order valence-corrected chi connectivity index (χ1v) is 9.60. The summed E-state index contributed by atoms with van der Waals surface area (Å²) < 4.78 is 8.54. The van der Waals surface area contributed by atoms with Crippen LogP contribution < -0.4 is 4.90 Å². The minimum Gasteiger partial charge on any atom is -0.368 e. The number of aromatic amines is 1. The average Bonchev–Trinajstić information content (AvgIpc) is 3.34. The summed E-state index contributed by atoms with van der Waals surface area (Å²) in [5.41, 5.74) is 4.67. The van der Waals surface area contributed by atoms with E-state index in [1.54, 1.807) is 6.20 Å². The second kappa shape index (κ2) is 5.57. The molecule has 0 atom stereocenters. The van der Waals surface area contributed by atoms with Gasteiger partial charge in [-0.1, -0.05) is 18.2 Å². The Bertz CT molecular complexity index is 1140. The fraction of sp³-hybridized carbons (Fsp3) is 0.333. The lowest BCUT2D eigenvalue weighted by Crippen LogP contribution is -2.47. The summed E-state index contributed by atoms with van der Waals surface area (Å²) in [6.45, 7) is 2.68. The molecule has 1 N–H and O–H groups in total. The van der Waals surface area contributed by atoms with Crippen LogP contribution >= 0.6 is 0 Å². The number of piperidine rings is 1. The fourth-order valence-corrected chi connectivity index (χ4v) is 4.83. The molecule has 4 aromatic rings. The van der Waals surface area contributed by atoms with Gasteiger partial charge in [0.1, 0.15) is 11.4 Å². The smallest absolute Gasteiger partial charge is 0.156 e. The van der Waals surface area contributed by atoms with E-state index in [9.17, 15) is 0 Å². The first-order valence-electron chi connectivity index (χ1n) is 9.60. The van der Waals surface area contributed by atoms with Crippen molar-refractivity contribution in [3.63, 3.8) is 0 Å². The molecule has 0 amide bonds. The van der Waals surface area contributed by atoms with Crippen LogP contribution in [0.1, 0.15) is 24.1 Å². The van der Waals surface area contributed by atoms with E-state index < -0.39 is 0 Å². The number of anilines is 1. The number of fused-ring (bicyclic) bond motifs is 5. The van der Waals surface area contributed by atoms with Gasteiger partial charge in [-0.05, 0) is 30.9 Å². The molecule has 1 saturated heterocycles. The summed E-state index contributed by atoms with van der Waals surface area (Å²) in [4.78, 5) is 14.8. The van der Waals surface area contributed by atoms with Crippen LogP contribution in [0.15, 0.2) is 49.1 Å². The molecule has 0 aliphatic carbocycles. The van der Waals surface area contributed by atoms with Gasteiger partial charge in [-0.15, -0.1) is 0 Å². The number of nitrogens with zero attached hydrogens (tertiary/aromatic N) is 4. The topological polar surface area (TPSA) is 58.5 Å². The molecule has 136 valence electrons. The highest BCUT2D eigenvalue weighted by atomic mass is 16.5. The summed E-state index contributed by atoms with van der Waals surface area (Å²) in [7, 11) is 0. The van der Waals surface area contributed by atoms with Gasteiger partial charge in [0.2, 0.25) is 0 Å². The number of benzene rings is 1. The third-order valence-corrected chi connectivity index (χ3v) is 6.19. The SMILES string of the molecule is c1ccc2c3c([nH]c2c1)C1(CCN(c2cncc4nccn24)CC1)OCC3. The second-order valence-corrected chi connectivity index (χ2v) is 7.52. The molecule has 6 nitrogen and oxygen atoms in total. The molecule has 3 aromatic heterocycles. The maximum atomic E-state index is 6.43. The molecule has 0 bridgehead atoms. The minimum absolute atomic E-state index is 0.195. The molecule has 0 radical (unpaired) electrons. The molecule has 1 aromatic carbocycles. The van der Waals surface area contributed by atoms with Gasteiger partial charge >= 0.3 is 0 Å². The molecular weight excluding hydrogens is 338 g/mol. The summed E-state index contributed by atoms with van der Waals surface area (Å²) in [6.07, 6.45) is 10.5. The van der Waals surface area contributed by atoms with Crippen LogP contribution in [0.3, 0.4) is 0 Å². The lowest BCUT2D eigenvalue weighted by Gasteiger charge is -2.44. The number of imidazole rings is 1. The predicted molar refractivity (Wildman–Crippen MR) is 104 cm³/mol. The number of H-pyrrole nitrogens is 1. The average molecular weight is 359 g/mol. The molecule has 2 aliphatic rings. The number of ether oxygens (including phenoxy) is 1. The Morgan fingerprint density at radius 3 is 2.93 bits per heavy atom. The van der Waals surface area contributed by atoms with Crippen molar-refractivity contribution in [3.05, 3.63) is 60.3 Å². The van der Waals surface area contributed by atoms with Crippen LogP contribution in [-0.4, -0.2) is 39.0 Å². The molecule has 1 fully saturated rings. The second-order valence-electron chi connectivity index (χ2n) is 7.52. The Balaban J connectivity index is 1.36. The van der Waals surface area contributed by atoms with Crippen molar-refractivity contribution < 1.29 is 4.74 Å². The molecule has 0 unspecified atom stereocenters. The number of aromatic nitrogens is 4. The van der Waals surface area contributed by atoms with E-state index in [-0.39, 0.29) is 5.60 Å². The van der Waals surface area contributed by atoms with Gasteiger partial charge in [0.25, 0.3) is 0 Å². The third-order valence-electron chi connectivity index (χ3n) is 6.19. The number of hydrogen-bond donors (Lipinski definition) is 1. The lowest BCUT2D eigenvalue weighted by molar-refractivity contribution is -0.0791. The van der Waals surface area contributed by atoms with Crippen molar-refractivity contribution in [1.82, 2.24) is 19.4 Å². The monoisotopic (exact) mass is 359 g/mol. The van der Waals surface area contributed by atoms with Gasteiger partial charge in [0.15, 0.2) is 5.65 Å². The zero-order valence-electron chi connectivity index (χ0n) is 15.1. The van der Waals surface area contributed by atoms with Gasteiger partial charge in [-0.2, -0.15) is 0 Å². The van der Waals surface area contributed by atoms with E-state index in [0.717, 1.165) is 50.4 Å². The number of rotatable bonds is 1. The van der Waals surface area contributed by atoms with Gasteiger partial charge < -0.3 is 14.6 Å². The Labute approximate surface area is 156 Å². The zero-order chi connectivity index (χ0) is 17.8. The Morgan fingerprint density at radius 1 is 1.11 bits per heavy atom. The van der Waals surface area contributed by atoms with Crippen LogP contribution in [0.25, 0.3) is 16.6 Å². The van der Waals surface area contributed by atoms with Crippen molar-refractivity contribution in [1.29, 1.82) is 0 Å². The van der Waals surface area contributed by atoms with E-state index in [0.29, 0.717) is 0 Å². The molecule has 27 heavy (non-hydrogen) atoms. The Hall–Kier alpha value is -2.86. The Kier molecular flexibility index (Phi) is 3.14. The van der Waals surface area contributed by atoms with Crippen LogP contribution in [-0.2, 0) is 16.8 Å². The quantitative estimate of drug-likeness (QED) is 0.567. The lowest BCUT2D eigenvalue weighted by atomic mass is 9.83. The van der Waals surface area contributed by atoms with Crippen LogP contribution in [0.4, 0.5) is 5.82 Å². The number of para-hydroxylation sites is 1. The van der Waals surface area contributed by atoms with Gasteiger partial charge in [0, 0.05) is 36.4 Å². The first kappa shape index (κ1) is 15.2. The molecule has 6 heteroatoms. The molecule has 1 spiro atoms. The molecule has 6 rings (SSSR count). The number of nitrogens with one attached hydrogen (secondary N) is 1. The van der Waals surface area contributed by atoms with Gasteiger partial charge in [0.05, 0.1) is 24.7 Å². The van der Waals surface area contributed by atoms with E-state index >= 15 is 0 Å². The largest absolute Gasteiger partial charge is 0.368 e. The Morgan fingerprint density at radius 2 is 2.00 bits per heavy atom. The first-order chi connectivity index (χ1) is 13.3. The van der Waals surface area contributed by atoms with Gasteiger partial charge in [-0.3, -0.25) is 9.38 Å². The predicted octanol–water partition coefficient (Wildman–Crippen LogP) is 3.28. The highest BCUT2D eigenvalue weighted by Crippen LogP contribution is 2.44. The summed E-state index contributed by atoms with van der Waals surface area (Å²) in [5, 5.41) is 1.35. The van der Waals surface area contributed by atoms with Crippen molar-refractivity contribution in [2.75, 3.05) is 24.6 Å². The maximum Gasteiger partial charge on any atom is 0.156 e. The summed E-state index contributed by atoms with van der Waals surface area (Å²) in [5.74, 6) is 1.10. The maximum absolute atomic E-state index is 6.43. The highest BCUT2D eigenvalue weighted by molar-refractivity contribution is 5.85. The molecular formula is C21H21N5O. The standard InChI is InChI=1S/C21H21N5O/c1-2-4-17-15(3-1)16-5-12-27-21(20(16)24-17)6-9-25(10-7-21)19-14-22-13-18-23-8-11-26(18)19/h1-4,8,11,13-14,24H,5-7,9-10,12H2. The summed E-state index contributed by atoms with van der Waals surface area (Å²) in [6, 6.07) is 8.62. The number of hydrogen-bond acceptors (Lipinski definition) is 4.